The summed E-state index contributed by atoms with van der Waals surface area (Å²) in [4.78, 5) is 0. The number of hydrogen-bond donors (Lipinski definition) is 2. The number of hydrogen-bond acceptors (Lipinski definition) is 6. The van der Waals surface area contributed by atoms with Gasteiger partial charge in [0.15, 0.2) is 0 Å². The van der Waals surface area contributed by atoms with Crippen LogP contribution in [-0.2, 0) is 14.2 Å². The van der Waals surface area contributed by atoms with Crippen molar-refractivity contribution >= 4 is 0 Å². The molecule has 0 rings (SSSR count). The SMILES string of the molecule is COCCOCCOCCN(N)/C=C(\N)CC(C)C. The molecule has 0 aromatic heterocycles. The van der Waals surface area contributed by atoms with Crippen LogP contribution >= 0.6 is 0 Å². The van der Waals surface area contributed by atoms with Crippen molar-refractivity contribution in [1.29, 1.82) is 0 Å². The molecule has 0 saturated heterocycles. The Bertz CT molecular complexity index is 235. The van der Waals surface area contributed by atoms with E-state index in [4.69, 9.17) is 25.8 Å². The zero-order chi connectivity index (χ0) is 14.5. The maximum Gasteiger partial charge on any atom is 0.0701 e. The van der Waals surface area contributed by atoms with Crippen molar-refractivity contribution in [2.24, 2.45) is 17.5 Å². The monoisotopic (exact) mass is 275 g/mol. The van der Waals surface area contributed by atoms with E-state index in [2.05, 4.69) is 13.8 Å². The van der Waals surface area contributed by atoms with Crippen LogP contribution in [-0.4, -0.2) is 51.7 Å². The molecule has 0 atom stereocenters. The molecule has 0 aliphatic rings. The Labute approximate surface area is 116 Å². The molecule has 0 radical (unpaired) electrons. The Kier molecular flexibility index (Phi) is 11.7. The normalized spacial score (nSPS) is 12.2. The van der Waals surface area contributed by atoms with Crippen molar-refractivity contribution in [3.05, 3.63) is 11.9 Å². The standard InChI is InChI=1S/C13H29N3O3/c1-12(2)10-13(14)11-16(15)4-5-18-8-9-19-7-6-17-3/h11-12H,4-10,14-15H2,1-3H3/b13-11-. The van der Waals surface area contributed by atoms with Crippen LogP contribution in [0.2, 0.25) is 0 Å². The summed E-state index contributed by atoms with van der Waals surface area (Å²) < 4.78 is 15.5. The molecule has 0 aliphatic heterocycles. The van der Waals surface area contributed by atoms with Gasteiger partial charge in [-0.15, -0.1) is 0 Å². The third-order valence-corrected chi connectivity index (χ3v) is 2.27. The third-order valence-electron chi connectivity index (χ3n) is 2.27. The van der Waals surface area contributed by atoms with E-state index in [1.165, 1.54) is 0 Å². The fourth-order valence-corrected chi connectivity index (χ4v) is 1.44. The number of rotatable bonds is 12. The molecule has 6 heteroatoms. The fraction of sp³-hybridized carbons (Fsp3) is 0.846. The highest BCUT2D eigenvalue weighted by atomic mass is 16.5. The van der Waals surface area contributed by atoms with E-state index in [9.17, 15) is 0 Å². The molecule has 0 amide bonds. The smallest absolute Gasteiger partial charge is 0.0701 e. The molecular formula is C13H29N3O3. The average molecular weight is 275 g/mol. The fourth-order valence-electron chi connectivity index (χ4n) is 1.44. The summed E-state index contributed by atoms with van der Waals surface area (Å²) >= 11 is 0. The highest BCUT2D eigenvalue weighted by molar-refractivity contribution is 4.95. The quantitative estimate of drug-likeness (QED) is 0.310. The lowest BCUT2D eigenvalue weighted by Gasteiger charge is -2.15. The van der Waals surface area contributed by atoms with E-state index >= 15 is 0 Å². The molecule has 0 heterocycles. The minimum Gasteiger partial charge on any atom is -0.401 e. The highest BCUT2D eigenvalue weighted by Gasteiger charge is 1.99. The number of nitrogens with zero attached hydrogens (tertiary/aromatic N) is 1. The van der Waals surface area contributed by atoms with Crippen LogP contribution in [0, 0.1) is 5.92 Å². The Morgan fingerprint density at radius 2 is 1.68 bits per heavy atom. The first-order valence-electron chi connectivity index (χ1n) is 6.68. The molecule has 4 N–H and O–H groups in total. The van der Waals surface area contributed by atoms with Gasteiger partial charge in [-0.05, 0) is 12.3 Å². The van der Waals surface area contributed by atoms with E-state index in [1.807, 2.05) is 0 Å². The highest BCUT2D eigenvalue weighted by Crippen LogP contribution is 2.05. The van der Waals surface area contributed by atoms with Crippen molar-refractivity contribution < 1.29 is 14.2 Å². The second kappa shape index (κ2) is 12.2. The second-order valence-electron chi connectivity index (χ2n) is 4.76. The zero-order valence-electron chi connectivity index (χ0n) is 12.4. The second-order valence-corrected chi connectivity index (χ2v) is 4.76. The van der Waals surface area contributed by atoms with E-state index in [0.717, 1.165) is 12.1 Å². The van der Waals surface area contributed by atoms with E-state index in [1.54, 1.807) is 18.3 Å². The Hall–Kier alpha value is -0.820. The van der Waals surface area contributed by atoms with Crippen molar-refractivity contribution in [3.8, 4) is 0 Å². The summed E-state index contributed by atoms with van der Waals surface area (Å²) in [6.45, 7) is 7.73. The lowest BCUT2D eigenvalue weighted by atomic mass is 10.1. The molecule has 0 spiro atoms. The molecule has 114 valence electrons. The van der Waals surface area contributed by atoms with E-state index < -0.39 is 0 Å². The van der Waals surface area contributed by atoms with Crippen LogP contribution in [0.1, 0.15) is 20.3 Å². The van der Waals surface area contributed by atoms with Crippen LogP contribution in [0.3, 0.4) is 0 Å². The molecular weight excluding hydrogens is 246 g/mol. The number of ether oxygens (including phenoxy) is 3. The first-order valence-corrected chi connectivity index (χ1v) is 6.68. The van der Waals surface area contributed by atoms with E-state index in [-0.39, 0.29) is 0 Å². The van der Waals surface area contributed by atoms with Crippen LogP contribution < -0.4 is 11.6 Å². The van der Waals surface area contributed by atoms with Crippen LogP contribution in [0.4, 0.5) is 0 Å². The van der Waals surface area contributed by atoms with Crippen molar-refractivity contribution in [3.63, 3.8) is 0 Å². The van der Waals surface area contributed by atoms with Gasteiger partial charge < -0.3 is 25.0 Å². The van der Waals surface area contributed by atoms with Gasteiger partial charge >= 0.3 is 0 Å². The Morgan fingerprint density at radius 3 is 2.26 bits per heavy atom. The van der Waals surface area contributed by atoms with Crippen molar-refractivity contribution in [1.82, 2.24) is 5.01 Å². The molecule has 19 heavy (non-hydrogen) atoms. The molecule has 0 bridgehead atoms. The first-order chi connectivity index (χ1) is 9.06. The number of nitrogens with two attached hydrogens (primary N) is 2. The molecule has 0 aromatic carbocycles. The topological polar surface area (TPSA) is 83.0 Å². The van der Waals surface area contributed by atoms with Crippen molar-refractivity contribution in [2.75, 3.05) is 46.7 Å². The van der Waals surface area contributed by atoms with E-state index in [0.29, 0.717) is 45.5 Å². The van der Waals surface area contributed by atoms with Gasteiger partial charge in [0.25, 0.3) is 0 Å². The minimum absolute atomic E-state index is 0.533. The van der Waals surface area contributed by atoms with Gasteiger partial charge in [-0.3, -0.25) is 0 Å². The van der Waals surface area contributed by atoms with Gasteiger partial charge in [0, 0.05) is 19.0 Å². The van der Waals surface area contributed by atoms with Gasteiger partial charge in [0.2, 0.25) is 0 Å². The molecule has 0 unspecified atom stereocenters. The molecule has 0 aromatic rings. The average Bonchev–Trinajstić information content (AvgIpc) is 2.31. The van der Waals surface area contributed by atoms with Crippen LogP contribution in [0.5, 0.6) is 0 Å². The number of hydrazine groups is 1. The predicted molar refractivity (Wildman–Crippen MR) is 76.1 cm³/mol. The zero-order valence-corrected chi connectivity index (χ0v) is 12.4. The maximum atomic E-state index is 5.84. The lowest BCUT2D eigenvalue weighted by molar-refractivity contribution is 0.0217. The van der Waals surface area contributed by atoms with Gasteiger partial charge in [-0.25, -0.2) is 5.84 Å². The Morgan fingerprint density at radius 1 is 1.11 bits per heavy atom. The van der Waals surface area contributed by atoms with Crippen molar-refractivity contribution in [2.45, 2.75) is 20.3 Å². The first kappa shape index (κ1) is 18.2. The molecule has 0 saturated carbocycles. The predicted octanol–water partition coefficient (Wildman–Crippen LogP) is 0.688. The van der Waals surface area contributed by atoms with Crippen LogP contribution in [0.15, 0.2) is 11.9 Å². The molecule has 0 aliphatic carbocycles. The number of allylic oxidation sites excluding steroid dienone is 1. The van der Waals surface area contributed by atoms with Gasteiger partial charge in [-0.2, -0.15) is 0 Å². The summed E-state index contributed by atoms with van der Waals surface area (Å²) in [7, 11) is 1.65. The summed E-state index contributed by atoms with van der Waals surface area (Å²) in [5.41, 5.74) is 6.63. The summed E-state index contributed by atoms with van der Waals surface area (Å²) in [6.07, 6.45) is 2.61. The maximum absolute atomic E-state index is 5.84. The third kappa shape index (κ3) is 13.4. The summed E-state index contributed by atoms with van der Waals surface area (Å²) in [6, 6.07) is 0. The molecule has 6 nitrogen and oxygen atoms in total. The van der Waals surface area contributed by atoms with Crippen LogP contribution in [0.25, 0.3) is 0 Å². The Balaban J connectivity index is 3.45. The van der Waals surface area contributed by atoms with Gasteiger partial charge in [0.05, 0.1) is 39.6 Å². The summed E-state index contributed by atoms with van der Waals surface area (Å²) in [5.74, 6) is 6.31. The minimum atomic E-state index is 0.533. The number of methoxy groups -OCH3 is 1. The van der Waals surface area contributed by atoms with Gasteiger partial charge in [-0.1, -0.05) is 13.8 Å². The van der Waals surface area contributed by atoms with Gasteiger partial charge in [0.1, 0.15) is 0 Å². The molecule has 0 fully saturated rings. The lowest BCUT2D eigenvalue weighted by Crippen LogP contribution is -2.30. The summed E-state index contributed by atoms with van der Waals surface area (Å²) in [5, 5.41) is 1.56. The largest absolute Gasteiger partial charge is 0.401 e.